The van der Waals surface area contributed by atoms with Gasteiger partial charge in [-0.2, -0.15) is 5.10 Å². The lowest BCUT2D eigenvalue weighted by atomic mass is 9.91. The van der Waals surface area contributed by atoms with Crippen molar-refractivity contribution in [2.24, 2.45) is 5.41 Å². The number of Topliss-reactive ketones (excluding diaryl/α,β-unsaturated/α-hetero) is 1. The van der Waals surface area contributed by atoms with Gasteiger partial charge in [0, 0.05) is 29.0 Å². The van der Waals surface area contributed by atoms with Crippen molar-refractivity contribution < 1.29 is 19.4 Å². The number of fused-ring (bicyclic) bond motifs is 1. The molecule has 6 nitrogen and oxygen atoms in total. The summed E-state index contributed by atoms with van der Waals surface area (Å²) in [7, 11) is 1.57. The second-order valence-corrected chi connectivity index (χ2v) is 8.06. The molecule has 1 aromatic heterocycles. The number of methoxy groups -OCH3 is 1. The van der Waals surface area contributed by atoms with Gasteiger partial charge in [-0.05, 0) is 24.1 Å². The van der Waals surface area contributed by atoms with Gasteiger partial charge in [0.2, 0.25) is 5.78 Å². The molecular weight excluding hydrogens is 368 g/mol. The molecule has 3 rings (SSSR count). The zero-order chi connectivity index (χ0) is 21.2. The van der Waals surface area contributed by atoms with Gasteiger partial charge in [0.15, 0.2) is 5.78 Å². The molecular formula is C23H26N2O4. The number of benzene rings is 2. The Balaban J connectivity index is 2.05. The zero-order valence-electron chi connectivity index (χ0n) is 17.2. The molecule has 6 heteroatoms. The Kier molecular flexibility index (Phi) is 5.84. The summed E-state index contributed by atoms with van der Waals surface area (Å²) in [6.07, 6.45) is 0.542. The van der Waals surface area contributed by atoms with Crippen LogP contribution in [0, 0.1) is 5.41 Å². The van der Waals surface area contributed by atoms with Crippen molar-refractivity contribution >= 4 is 22.5 Å². The summed E-state index contributed by atoms with van der Waals surface area (Å²) >= 11 is 0. The van der Waals surface area contributed by atoms with Crippen LogP contribution < -0.4 is 4.74 Å². The molecule has 29 heavy (non-hydrogen) atoms. The first-order chi connectivity index (χ1) is 13.7. The number of nitrogens with zero attached hydrogens (tertiary/aromatic N) is 2. The van der Waals surface area contributed by atoms with E-state index in [-0.39, 0.29) is 24.7 Å². The number of aromatic nitrogens is 2. The lowest BCUT2D eigenvalue weighted by Gasteiger charge is -2.16. The molecule has 3 aromatic rings. The summed E-state index contributed by atoms with van der Waals surface area (Å²) in [5, 5.41) is 14.2. The molecule has 0 aliphatic carbocycles. The Morgan fingerprint density at radius 2 is 1.79 bits per heavy atom. The van der Waals surface area contributed by atoms with Crippen LogP contribution in [0.25, 0.3) is 10.9 Å². The minimum Gasteiger partial charge on any atom is -0.497 e. The van der Waals surface area contributed by atoms with Gasteiger partial charge in [0.1, 0.15) is 18.0 Å². The Morgan fingerprint density at radius 1 is 1.10 bits per heavy atom. The summed E-state index contributed by atoms with van der Waals surface area (Å²) in [5.41, 5.74) is 1.95. The first kappa shape index (κ1) is 20.7. The first-order valence-corrected chi connectivity index (χ1v) is 9.57. The van der Waals surface area contributed by atoms with Gasteiger partial charge in [-0.3, -0.25) is 14.3 Å². The van der Waals surface area contributed by atoms with Crippen molar-refractivity contribution in [3.8, 4) is 5.75 Å². The third-order valence-electron chi connectivity index (χ3n) is 4.92. The van der Waals surface area contributed by atoms with Crippen molar-refractivity contribution in [1.29, 1.82) is 0 Å². The minimum atomic E-state index is -0.510. The fraction of sp³-hybridized carbons (Fsp3) is 0.348. The van der Waals surface area contributed by atoms with Crippen molar-refractivity contribution in [1.82, 2.24) is 9.78 Å². The molecule has 0 unspecified atom stereocenters. The highest BCUT2D eigenvalue weighted by Crippen LogP contribution is 2.27. The molecule has 1 heterocycles. The van der Waals surface area contributed by atoms with E-state index in [0.717, 1.165) is 5.56 Å². The van der Waals surface area contributed by atoms with Gasteiger partial charge in [0.25, 0.3) is 0 Å². The molecule has 0 fully saturated rings. The van der Waals surface area contributed by atoms with Crippen LogP contribution in [0.5, 0.6) is 5.75 Å². The molecule has 0 aliphatic rings. The maximum atomic E-state index is 13.1. The van der Waals surface area contributed by atoms with Crippen LogP contribution in [-0.2, 0) is 17.8 Å². The van der Waals surface area contributed by atoms with Crippen molar-refractivity contribution in [3.05, 3.63) is 59.3 Å². The number of rotatable bonds is 7. The van der Waals surface area contributed by atoms with E-state index in [1.165, 1.54) is 0 Å². The molecule has 0 atom stereocenters. The fourth-order valence-electron chi connectivity index (χ4n) is 3.03. The smallest absolute Gasteiger partial charge is 0.213 e. The third kappa shape index (κ3) is 4.38. The van der Waals surface area contributed by atoms with Crippen LogP contribution in [0.2, 0.25) is 0 Å². The summed E-state index contributed by atoms with van der Waals surface area (Å²) in [4.78, 5) is 25.7. The molecule has 1 N–H and O–H groups in total. The van der Waals surface area contributed by atoms with Crippen molar-refractivity contribution in [2.75, 3.05) is 13.7 Å². The van der Waals surface area contributed by atoms with Crippen molar-refractivity contribution in [3.63, 3.8) is 0 Å². The first-order valence-electron chi connectivity index (χ1n) is 9.57. The summed E-state index contributed by atoms with van der Waals surface area (Å²) in [6.45, 7) is 5.73. The summed E-state index contributed by atoms with van der Waals surface area (Å²) in [5.74, 6) is 0.448. The second-order valence-electron chi connectivity index (χ2n) is 8.06. The van der Waals surface area contributed by atoms with Crippen LogP contribution in [0.1, 0.15) is 42.4 Å². The van der Waals surface area contributed by atoms with Gasteiger partial charge in [-0.1, -0.05) is 45.0 Å². The van der Waals surface area contributed by atoms with Crippen LogP contribution in [0.3, 0.4) is 0 Å². The molecule has 0 bridgehead atoms. The number of aliphatic hydroxyl groups excluding tert-OH is 1. The van der Waals surface area contributed by atoms with E-state index >= 15 is 0 Å². The van der Waals surface area contributed by atoms with Crippen LogP contribution in [0.15, 0.2) is 42.5 Å². The van der Waals surface area contributed by atoms with E-state index in [4.69, 9.17) is 9.84 Å². The van der Waals surface area contributed by atoms with Crippen molar-refractivity contribution in [2.45, 2.75) is 33.7 Å². The molecule has 0 spiro atoms. The van der Waals surface area contributed by atoms with Gasteiger partial charge >= 0.3 is 0 Å². The number of hydrogen-bond donors (Lipinski definition) is 1. The Labute approximate surface area is 170 Å². The normalized spacial score (nSPS) is 11.6. The number of aliphatic hydroxyl groups is 1. The quantitative estimate of drug-likeness (QED) is 0.621. The van der Waals surface area contributed by atoms with Gasteiger partial charge in [-0.25, -0.2) is 0 Å². The fourth-order valence-corrected chi connectivity index (χ4v) is 3.03. The van der Waals surface area contributed by atoms with Crippen LogP contribution >= 0.6 is 0 Å². The molecule has 152 valence electrons. The molecule has 0 saturated carbocycles. The largest absolute Gasteiger partial charge is 0.497 e. The monoisotopic (exact) mass is 394 g/mol. The Morgan fingerprint density at radius 3 is 2.38 bits per heavy atom. The molecule has 0 radical (unpaired) electrons. The number of carbonyl (C=O) groups excluding carboxylic acids is 2. The highest BCUT2D eigenvalue weighted by Gasteiger charge is 2.25. The van der Waals surface area contributed by atoms with E-state index in [9.17, 15) is 9.59 Å². The maximum absolute atomic E-state index is 13.1. The molecule has 0 amide bonds. The number of carbonyl (C=O) groups is 2. The topological polar surface area (TPSA) is 81.4 Å². The van der Waals surface area contributed by atoms with Gasteiger partial charge in [0.05, 0.1) is 12.6 Å². The van der Waals surface area contributed by atoms with Crippen LogP contribution in [0.4, 0.5) is 0 Å². The van der Waals surface area contributed by atoms with E-state index < -0.39 is 5.41 Å². The number of hydrogen-bond acceptors (Lipinski definition) is 5. The predicted molar refractivity (Wildman–Crippen MR) is 111 cm³/mol. The van der Waals surface area contributed by atoms with Gasteiger partial charge in [-0.15, -0.1) is 0 Å². The van der Waals surface area contributed by atoms with E-state index in [1.807, 2.05) is 32.9 Å². The van der Waals surface area contributed by atoms with E-state index in [1.54, 1.807) is 42.1 Å². The third-order valence-corrected chi connectivity index (χ3v) is 4.92. The Hall–Kier alpha value is -2.99. The molecule has 2 aromatic carbocycles. The average molecular weight is 394 g/mol. The molecule has 0 saturated heterocycles. The van der Waals surface area contributed by atoms with E-state index in [0.29, 0.717) is 34.3 Å². The van der Waals surface area contributed by atoms with Crippen LogP contribution in [-0.4, -0.2) is 40.2 Å². The highest BCUT2D eigenvalue weighted by atomic mass is 16.5. The summed E-state index contributed by atoms with van der Waals surface area (Å²) in [6, 6.07) is 12.5. The van der Waals surface area contributed by atoms with Gasteiger partial charge < -0.3 is 9.84 Å². The number of ether oxygens (including phenoxy) is 1. The van der Waals surface area contributed by atoms with E-state index in [2.05, 4.69) is 5.10 Å². The zero-order valence-corrected chi connectivity index (χ0v) is 17.2. The minimum absolute atomic E-state index is 0.0251. The molecule has 0 aliphatic heterocycles. The number of ketones is 2. The standard InChI is InChI=1S/C23H26N2O4/c1-23(2,3)20(27)14-25-19-13-17(29-4)9-10-18(19)21(24-25)22(28)16-7-5-15(6-8-16)11-12-26/h5-10,13,26H,11-12,14H2,1-4H3. The second kappa shape index (κ2) is 8.17. The lowest BCUT2D eigenvalue weighted by molar-refractivity contribution is -0.127. The average Bonchev–Trinajstić information content (AvgIpc) is 3.05. The Bertz CT molecular complexity index is 1040. The SMILES string of the molecule is COc1ccc2c(C(=O)c3ccc(CCO)cc3)nn(CC(=O)C(C)(C)C)c2c1. The maximum Gasteiger partial charge on any atom is 0.213 e. The highest BCUT2D eigenvalue weighted by molar-refractivity contribution is 6.15. The lowest BCUT2D eigenvalue weighted by Crippen LogP contribution is -2.25. The summed E-state index contributed by atoms with van der Waals surface area (Å²) < 4.78 is 6.89. The predicted octanol–water partition coefficient (Wildman–Crippen LogP) is 3.43.